The number of fused-ring (bicyclic) bond motifs is 1. The lowest BCUT2D eigenvalue weighted by molar-refractivity contribution is 0.476. The molecule has 0 fully saturated rings. The number of aromatic hydroxyl groups is 1. The second kappa shape index (κ2) is 7.94. The first-order valence-electron chi connectivity index (χ1n) is 7.82. The minimum Gasteiger partial charge on any atom is -0.508 e. The van der Waals surface area contributed by atoms with Gasteiger partial charge in [0.25, 0.3) is 0 Å². The van der Waals surface area contributed by atoms with Gasteiger partial charge in [0.2, 0.25) is 0 Å². The molecule has 0 aliphatic rings. The Morgan fingerprint density at radius 3 is 2.15 bits per heavy atom. The summed E-state index contributed by atoms with van der Waals surface area (Å²) in [5, 5.41) is 11.8. The van der Waals surface area contributed by atoms with Crippen molar-refractivity contribution < 1.29 is 5.11 Å². The van der Waals surface area contributed by atoms with Crippen molar-refractivity contribution in [3.8, 4) is 5.75 Å². The van der Waals surface area contributed by atoms with E-state index in [1.165, 1.54) is 23.8 Å². The fourth-order valence-corrected chi connectivity index (χ4v) is 2.61. The molecule has 0 heterocycles. The summed E-state index contributed by atoms with van der Waals surface area (Å²) >= 11 is 0. The molecule has 0 amide bonds. The van der Waals surface area contributed by atoms with E-state index in [0.29, 0.717) is 11.7 Å². The highest BCUT2D eigenvalue weighted by atomic mass is 16.3. The van der Waals surface area contributed by atoms with Gasteiger partial charge in [-0.2, -0.15) is 0 Å². The van der Waals surface area contributed by atoms with Gasteiger partial charge in [-0.3, -0.25) is 0 Å². The molecule has 1 N–H and O–H groups in total. The fraction of sp³-hybridized carbons (Fsp3) is 0.474. The van der Waals surface area contributed by atoms with Crippen LogP contribution in [0.5, 0.6) is 5.75 Å². The molecule has 0 spiro atoms. The molecule has 1 heteroatoms. The van der Waals surface area contributed by atoms with Gasteiger partial charge in [0.15, 0.2) is 0 Å². The van der Waals surface area contributed by atoms with Gasteiger partial charge in [0.05, 0.1) is 0 Å². The molecule has 0 radical (unpaired) electrons. The normalized spacial score (nSPS) is 12.1. The van der Waals surface area contributed by atoms with Crippen LogP contribution in [0.4, 0.5) is 0 Å². The molecule has 0 aliphatic carbocycles. The van der Waals surface area contributed by atoms with Gasteiger partial charge in [0, 0.05) is 0 Å². The molecule has 110 valence electrons. The third kappa shape index (κ3) is 4.26. The van der Waals surface area contributed by atoms with Crippen LogP contribution in [0.25, 0.3) is 10.8 Å². The molecular weight excluding hydrogens is 244 g/mol. The molecule has 1 nitrogen and oxygen atoms in total. The van der Waals surface area contributed by atoms with E-state index in [1.807, 2.05) is 26.0 Å². The van der Waals surface area contributed by atoms with E-state index >= 15 is 0 Å². The van der Waals surface area contributed by atoms with Crippen LogP contribution in [0.2, 0.25) is 0 Å². The van der Waals surface area contributed by atoms with Crippen molar-refractivity contribution in [2.45, 2.75) is 53.4 Å². The van der Waals surface area contributed by atoms with Crippen molar-refractivity contribution in [1.29, 1.82) is 0 Å². The third-order valence-corrected chi connectivity index (χ3v) is 3.57. The zero-order valence-corrected chi connectivity index (χ0v) is 13.5. The second-order valence-electron chi connectivity index (χ2n) is 5.53. The van der Waals surface area contributed by atoms with Gasteiger partial charge in [-0.25, -0.2) is 0 Å². The first-order chi connectivity index (χ1) is 9.60. The van der Waals surface area contributed by atoms with Crippen molar-refractivity contribution in [1.82, 2.24) is 0 Å². The first kappa shape index (κ1) is 16.6. The van der Waals surface area contributed by atoms with Gasteiger partial charge in [-0.15, -0.1) is 0 Å². The largest absolute Gasteiger partial charge is 0.508 e. The SMILES string of the molecule is CC.CCC(CC(C)C)c1ccc2cc(O)ccc2c1. The van der Waals surface area contributed by atoms with Crippen LogP contribution in [0.15, 0.2) is 36.4 Å². The Bertz CT molecular complexity index is 528. The third-order valence-electron chi connectivity index (χ3n) is 3.57. The number of benzene rings is 2. The average molecular weight is 272 g/mol. The van der Waals surface area contributed by atoms with Gasteiger partial charge < -0.3 is 5.11 Å². The van der Waals surface area contributed by atoms with Crippen LogP contribution in [0.1, 0.15) is 58.9 Å². The molecule has 20 heavy (non-hydrogen) atoms. The van der Waals surface area contributed by atoms with Crippen LogP contribution < -0.4 is 0 Å². The molecule has 2 aromatic carbocycles. The minimum atomic E-state index is 0.337. The fourth-order valence-electron chi connectivity index (χ4n) is 2.61. The quantitative estimate of drug-likeness (QED) is 0.711. The van der Waals surface area contributed by atoms with Crippen molar-refractivity contribution in [2.75, 3.05) is 0 Å². The molecule has 2 rings (SSSR count). The molecular formula is C19H28O. The molecule has 0 saturated carbocycles. The van der Waals surface area contributed by atoms with Crippen molar-refractivity contribution in [3.63, 3.8) is 0 Å². The maximum Gasteiger partial charge on any atom is 0.116 e. The summed E-state index contributed by atoms with van der Waals surface area (Å²) in [6.07, 6.45) is 2.42. The Balaban J connectivity index is 0.000000956. The van der Waals surface area contributed by atoms with Crippen molar-refractivity contribution >= 4 is 10.8 Å². The van der Waals surface area contributed by atoms with E-state index in [0.717, 1.165) is 11.3 Å². The highest BCUT2D eigenvalue weighted by molar-refractivity contribution is 5.84. The van der Waals surface area contributed by atoms with E-state index in [4.69, 9.17) is 0 Å². The smallest absolute Gasteiger partial charge is 0.116 e. The van der Waals surface area contributed by atoms with Crippen LogP contribution in [-0.4, -0.2) is 5.11 Å². The number of hydrogen-bond acceptors (Lipinski definition) is 1. The van der Waals surface area contributed by atoms with Crippen LogP contribution in [0.3, 0.4) is 0 Å². The molecule has 0 aromatic heterocycles. The van der Waals surface area contributed by atoms with Gasteiger partial charge in [-0.1, -0.05) is 58.9 Å². The summed E-state index contributed by atoms with van der Waals surface area (Å²) < 4.78 is 0. The molecule has 0 saturated heterocycles. The number of rotatable bonds is 4. The summed E-state index contributed by atoms with van der Waals surface area (Å²) in [5.41, 5.74) is 1.42. The van der Waals surface area contributed by atoms with E-state index in [1.54, 1.807) is 6.07 Å². The van der Waals surface area contributed by atoms with E-state index in [2.05, 4.69) is 39.0 Å². The summed E-state index contributed by atoms with van der Waals surface area (Å²) in [6, 6.07) is 12.2. The summed E-state index contributed by atoms with van der Waals surface area (Å²) in [7, 11) is 0. The Labute approximate surface area is 123 Å². The molecule has 0 bridgehead atoms. The predicted molar refractivity (Wildman–Crippen MR) is 89.4 cm³/mol. The first-order valence-corrected chi connectivity index (χ1v) is 7.82. The number of hydrogen-bond donors (Lipinski definition) is 1. The lowest BCUT2D eigenvalue weighted by Crippen LogP contribution is -2.01. The van der Waals surface area contributed by atoms with Gasteiger partial charge >= 0.3 is 0 Å². The van der Waals surface area contributed by atoms with E-state index < -0.39 is 0 Å². The predicted octanol–water partition coefficient (Wildman–Crippen LogP) is 6.11. The number of phenols is 1. The van der Waals surface area contributed by atoms with Crippen molar-refractivity contribution in [3.05, 3.63) is 42.0 Å². The maximum atomic E-state index is 9.47. The zero-order valence-electron chi connectivity index (χ0n) is 13.5. The Kier molecular flexibility index (Phi) is 6.57. The summed E-state index contributed by atoms with van der Waals surface area (Å²) in [4.78, 5) is 0. The van der Waals surface area contributed by atoms with Gasteiger partial charge in [-0.05, 0) is 53.1 Å². The highest BCUT2D eigenvalue weighted by Crippen LogP contribution is 2.30. The summed E-state index contributed by atoms with van der Waals surface area (Å²) in [6.45, 7) is 10.8. The molecule has 1 unspecified atom stereocenters. The monoisotopic (exact) mass is 272 g/mol. The molecule has 0 aliphatic heterocycles. The van der Waals surface area contributed by atoms with Crippen LogP contribution >= 0.6 is 0 Å². The van der Waals surface area contributed by atoms with Crippen LogP contribution in [-0.2, 0) is 0 Å². The van der Waals surface area contributed by atoms with E-state index in [9.17, 15) is 5.11 Å². The van der Waals surface area contributed by atoms with Crippen molar-refractivity contribution in [2.24, 2.45) is 5.92 Å². The Hall–Kier alpha value is -1.50. The zero-order chi connectivity index (χ0) is 15.1. The molecule has 1 atom stereocenters. The standard InChI is InChI=1S/C17H22O.C2H6/c1-4-13(9-12(2)3)14-5-6-16-11-17(18)8-7-15(16)10-14;1-2/h5-8,10-13,18H,4,9H2,1-3H3;1-2H3. The van der Waals surface area contributed by atoms with Gasteiger partial charge in [0.1, 0.15) is 5.75 Å². The lowest BCUT2D eigenvalue weighted by Gasteiger charge is -2.18. The minimum absolute atomic E-state index is 0.337. The number of phenolic OH excluding ortho intramolecular Hbond substituents is 1. The summed E-state index contributed by atoms with van der Waals surface area (Å²) in [5.74, 6) is 1.71. The average Bonchev–Trinajstić information content (AvgIpc) is 2.46. The highest BCUT2D eigenvalue weighted by Gasteiger charge is 2.11. The lowest BCUT2D eigenvalue weighted by atomic mass is 9.87. The second-order valence-corrected chi connectivity index (χ2v) is 5.53. The Morgan fingerprint density at radius 1 is 0.950 bits per heavy atom. The maximum absolute atomic E-state index is 9.47. The topological polar surface area (TPSA) is 20.2 Å². The molecule has 2 aromatic rings. The Morgan fingerprint density at radius 2 is 1.55 bits per heavy atom. The van der Waals surface area contributed by atoms with E-state index in [-0.39, 0.29) is 0 Å². The van der Waals surface area contributed by atoms with Crippen LogP contribution in [0, 0.1) is 5.92 Å².